The maximum absolute atomic E-state index is 4.26. The minimum Gasteiger partial charge on any atom is -0.309 e. The van der Waals surface area contributed by atoms with Crippen molar-refractivity contribution >= 4 is 60.0 Å². The Bertz CT molecular complexity index is 3000. The third-order valence-corrected chi connectivity index (χ3v) is 11.4. The van der Waals surface area contributed by atoms with Gasteiger partial charge < -0.3 is 9.13 Å². The highest BCUT2D eigenvalue weighted by atomic mass is 15.0. The van der Waals surface area contributed by atoms with Crippen LogP contribution in [0.1, 0.15) is 31.9 Å². The first-order valence-electron chi connectivity index (χ1n) is 18.2. The summed E-state index contributed by atoms with van der Waals surface area (Å²) in [6, 6.07) is 53.6. The Labute approximate surface area is 303 Å². The highest BCUT2D eigenvalue weighted by Gasteiger charge is 2.38. The van der Waals surface area contributed by atoms with Crippen LogP contribution in [0.3, 0.4) is 0 Å². The minimum absolute atomic E-state index is 0.196. The van der Waals surface area contributed by atoms with Gasteiger partial charge in [-0.05, 0) is 106 Å². The summed E-state index contributed by atoms with van der Waals surface area (Å²) in [4.78, 5) is 0. The van der Waals surface area contributed by atoms with E-state index in [4.69, 9.17) is 0 Å². The summed E-state index contributed by atoms with van der Waals surface area (Å²) in [7, 11) is 0. The van der Waals surface area contributed by atoms with Gasteiger partial charge in [0.15, 0.2) is 0 Å². The van der Waals surface area contributed by atoms with E-state index in [1.54, 1.807) is 0 Å². The molecule has 2 nitrogen and oxygen atoms in total. The molecule has 1 aliphatic carbocycles. The number of hydrogen-bond acceptors (Lipinski definition) is 0. The molecule has 2 heteroatoms. The van der Waals surface area contributed by atoms with Gasteiger partial charge in [-0.2, -0.15) is 0 Å². The normalized spacial score (nSPS) is 14.1. The number of hydrogen-bond donors (Lipinski definition) is 0. The van der Waals surface area contributed by atoms with E-state index < -0.39 is 0 Å². The van der Waals surface area contributed by atoms with Crippen molar-refractivity contribution in [3.05, 3.63) is 187 Å². The van der Waals surface area contributed by atoms with Crippen molar-refractivity contribution in [1.82, 2.24) is 9.13 Å². The van der Waals surface area contributed by atoms with Crippen molar-refractivity contribution in [2.75, 3.05) is 0 Å². The fraction of sp³-hybridized carbons (Fsp3) is 0.0800. The molecule has 10 rings (SSSR count). The Kier molecular flexibility index (Phi) is 6.62. The van der Waals surface area contributed by atoms with Gasteiger partial charge in [0, 0.05) is 38.3 Å². The van der Waals surface area contributed by atoms with Crippen LogP contribution in [0, 0.1) is 0 Å². The molecule has 1 aliphatic rings. The summed E-state index contributed by atoms with van der Waals surface area (Å²) in [6.07, 6.45) is 6.46. The summed E-state index contributed by atoms with van der Waals surface area (Å²) in [6.45, 7) is 11.1. The number of allylic oxidation sites excluding steroid dienone is 5. The van der Waals surface area contributed by atoms with Crippen LogP contribution >= 0.6 is 0 Å². The molecule has 248 valence electrons. The van der Waals surface area contributed by atoms with E-state index in [-0.39, 0.29) is 5.41 Å². The molecule has 0 radical (unpaired) electrons. The van der Waals surface area contributed by atoms with Gasteiger partial charge in [0.1, 0.15) is 0 Å². The number of fused-ring (bicyclic) bond motifs is 9. The zero-order chi connectivity index (χ0) is 35.1. The van der Waals surface area contributed by atoms with Crippen molar-refractivity contribution in [2.24, 2.45) is 0 Å². The number of benzene rings is 7. The SMILES string of the molecule is C=CC1=C(/C=C\C)C(C)(C)c2c1ccc1c3cc(-c4ccc5c(c4)c4ccccc4n5-c4ccc5ccccc5c4)ccc3n(-c3ccccc3)c21. The minimum atomic E-state index is -0.196. The van der Waals surface area contributed by atoms with Gasteiger partial charge in [0.05, 0.1) is 22.1 Å². The molecular formula is C50H38N2. The van der Waals surface area contributed by atoms with Gasteiger partial charge in [0.25, 0.3) is 0 Å². The van der Waals surface area contributed by atoms with Crippen LogP contribution < -0.4 is 0 Å². The summed E-state index contributed by atoms with van der Waals surface area (Å²) in [5, 5.41) is 7.54. The first kappa shape index (κ1) is 30.4. The molecule has 2 aromatic heterocycles. The Morgan fingerprint density at radius 2 is 1.19 bits per heavy atom. The second kappa shape index (κ2) is 11.3. The first-order valence-corrected chi connectivity index (χ1v) is 18.2. The maximum atomic E-state index is 4.26. The zero-order valence-corrected chi connectivity index (χ0v) is 29.7. The molecule has 0 spiro atoms. The van der Waals surface area contributed by atoms with E-state index in [0.29, 0.717) is 0 Å². The van der Waals surface area contributed by atoms with Crippen molar-refractivity contribution in [1.29, 1.82) is 0 Å². The van der Waals surface area contributed by atoms with Crippen molar-refractivity contribution < 1.29 is 0 Å². The fourth-order valence-electron chi connectivity index (χ4n) is 9.04. The number of rotatable bonds is 5. The highest BCUT2D eigenvalue weighted by Crippen LogP contribution is 2.52. The van der Waals surface area contributed by atoms with Gasteiger partial charge in [-0.25, -0.2) is 0 Å². The van der Waals surface area contributed by atoms with Crippen LogP contribution in [0.15, 0.2) is 176 Å². The lowest BCUT2D eigenvalue weighted by atomic mass is 9.80. The lowest BCUT2D eigenvalue weighted by molar-refractivity contribution is 0.657. The smallest absolute Gasteiger partial charge is 0.0588 e. The monoisotopic (exact) mass is 666 g/mol. The van der Waals surface area contributed by atoms with Crippen LogP contribution in [0.5, 0.6) is 0 Å². The molecule has 9 aromatic rings. The quantitative estimate of drug-likeness (QED) is 0.173. The molecule has 0 atom stereocenters. The summed E-state index contributed by atoms with van der Waals surface area (Å²) in [5.74, 6) is 0. The average molecular weight is 667 g/mol. The number of para-hydroxylation sites is 2. The average Bonchev–Trinajstić information content (AvgIpc) is 3.77. The van der Waals surface area contributed by atoms with Crippen molar-refractivity contribution in [3.8, 4) is 22.5 Å². The third kappa shape index (κ3) is 4.25. The van der Waals surface area contributed by atoms with E-state index in [1.807, 2.05) is 6.08 Å². The zero-order valence-electron chi connectivity index (χ0n) is 29.7. The largest absolute Gasteiger partial charge is 0.309 e. The molecule has 7 aromatic carbocycles. The molecule has 0 unspecified atom stereocenters. The lowest BCUT2D eigenvalue weighted by Crippen LogP contribution is -2.17. The molecule has 0 fully saturated rings. The van der Waals surface area contributed by atoms with Gasteiger partial charge >= 0.3 is 0 Å². The van der Waals surface area contributed by atoms with Crippen LogP contribution in [0.25, 0.3) is 82.5 Å². The second-order valence-electron chi connectivity index (χ2n) is 14.6. The molecule has 0 amide bonds. The standard InChI is InChI=1S/C50H38N2/c1-5-14-44-38(6-2)40-25-26-41-43-31-35(23-28-47(43)52(36-17-8-7-9-18-36)49(41)48(40)50(44,3)4)34-22-27-46-42(30-34)39-19-12-13-20-45(39)51(46)37-24-21-32-15-10-11-16-33(32)29-37/h5-31H,2H2,1,3-4H3/b14-5-. The van der Waals surface area contributed by atoms with E-state index >= 15 is 0 Å². The molecule has 0 aliphatic heterocycles. The number of aromatic nitrogens is 2. The molecule has 0 N–H and O–H groups in total. The van der Waals surface area contributed by atoms with Gasteiger partial charge in [0.2, 0.25) is 0 Å². The summed E-state index contributed by atoms with van der Waals surface area (Å²) < 4.78 is 4.89. The number of nitrogens with zero attached hydrogens (tertiary/aromatic N) is 2. The van der Waals surface area contributed by atoms with Gasteiger partial charge in [-0.15, -0.1) is 0 Å². The van der Waals surface area contributed by atoms with E-state index in [9.17, 15) is 0 Å². The lowest BCUT2D eigenvalue weighted by Gasteiger charge is -2.25. The highest BCUT2D eigenvalue weighted by molar-refractivity contribution is 6.15. The van der Waals surface area contributed by atoms with E-state index in [0.717, 1.165) is 0 Å². The predicted molar refractivity (Wildman–Crippen MR) is 223 cm³/mol. The van der Waals surface area contributed by atoms with Crippen LogP contribution in [-0.2, 0) is 5.41 Å². The molecule has 0 saturated carbocycles. The van der Waals surface area contributed by atoms with Crippen LogP contribution in [0.4, 0.5) is 0 Å². The summed E-state index contributed by atoms with van der Waals surface area (Å²) in [5.41, 5.74) is 14.6. The second-order valence-corrected chi connectivity index (χ2v) is 14.6. The molecule has 0 bridgehead atoms. The fourth-order valence-corrected chi connectivity index (χ4v) is 9.04. The third-order valence-electron chi connectivity index (χ3n) is 11.4. The topological polar surface area (TPSA) is 9.86 Å². The van der Waals surface area contributed by atoms with E-state index in [1.165, 1.54) is 99.2 Å². The molecule has 2 heterocycles. The predicted octanol–water partition coefficient (Wildman–Crippen LogP) is 13.5. The first-order chi connectivity index (χ1) is 25.5. The Balaban J connectivity index is 1.20. The molecule has 0 saturated heterocycles. The Hall–Kier alpha value is -6.38. The Morgan fingerprint density at radius 3 is 1.94 bits per heavy atom. The summed E-state index contributed by atoms with van der Waals surface area (Å²) >= 11 is 0. The Morgan fingerprint density at radius 1 is 0.538 bits per heavy atom. The van der Waals surface area contributed by atoms with Crippen LogP contribution in [0.2, 0.25) is 0 Å². The van der Waals surface area contributed by atoms with Crippen molar-refractivity contribution in [3.63, 3.8) is 0 Å². The van der Waals surface area contributed by atoms with Crippen LogP contribution in [-0.4, -0.2) is 9.13 Å². The van der Waals surface area contributed by atoms with Gasteiger partial charge in [-0.1, -0.05) is 130 Å². The maximum Gasteiger partial charge on any atom is 0.0588 e. The van der Waals surface area contributed by atoms with Crippen molar-refractivity contribution in [2.45, 2.75) is 26.2 Å². The van der Waals surface area contributed by atoms with Gasteiger partial charge in [-0.3, -0.25) is 0 Å². The molecular weight excluding hydrogens is 629 g/mol. The molecule has 52 heavy (non-hydrogen) atoms. The van der Waals surface area contributed by atoms with E-state index in [2.05, 4.69) is 194 Å².